The van der Waals surface area contributed by atoms with Gasteiger partial charge >= 0.3 is 0 Å². The number of aryl methyl sites for hydroxylation is 1. The average Bonchev–Trinajstić information content (AvgIpc) is 3.09. The molecule has 3 rings (SSSR count). The summed E-state index contributed by atoms with van der Waals surface area (Å²) in [5.41, 5.74) is 3.23. The van der Waals surface area contributed by atoms with Gasteiger partial charge in [-0.2, -0.15) is 0 Å². The second-order valence-corrected chi connectivity index (χ2v) is 7.96. The molecule has 3 N–H and O–H groups in total. The Balaban J connectivity index is 1.55. The Kier molecular flexibility index (Phi) is 7.13. The molecule has 3 amide bonds. The molecule has 0 saturated carbocycles. The van der Waals surface area contributed by atoms with Gasteiger partial charge in [0.05, 0.1) is 10.2 Å². The maximum Gasteiger partial charge on any atom is 0.226 e. The second-order valence-electron chi connectivity index (χ2n) is 6.93. The number of benzene rings is 2. The van der Waals surface area contributed by atoms with Crippen molar-refractivity contribution in [1.82, 2.24) is 4.98 Å². The van der Waals surface area contributed by atoms with Gasteiger partial charge in [-0.15, -0.1) is 0 Å². The molecule has 3 aromatic rings. The zero-order chi connectivity index (χ0) is 21.5. The number of hydrogen-bond acceptors (Lipinski definition) is 5. The van der Waals surface area contributed by atoms with Crippen LogP contribution in [-0.2, 0) is 20.8 Å². The number of hydrogen-bond donors (Lipinski definition) is 3. The van der Waals surface area contributed by atoms with Crippen molar-refractivity contribution >= 4 is 55.8 Å². The summed E-state index contributed by atoms with van der Waals surface area (Å²) in [6.07, 6.45) is 2.22. The summed E-state index contributed by atoms with van der Waals surface area (Å²) >= 11 is 1.43. The Morgan fingerprint density at radius 2 is 1.57 bits per heavy atom. The van der Waals surface area contributed by atoms with Gasteiger partial charge in [-0.25, -0.2) is 4.98 Å². The number of carbonyl (C=O) groups excluding carboxylic acids is 3. The summed E-state index contributed by atoms with van der Waals surface area (Å²) in [4.78, 5) is 39.5. The first kappa shape index (κ1) is 21.4. The highest BCUT2D eigenvalue weighted by atomic mass is 32.1. The predicted octanol–water partition coefficient (Wildman–Crippen LogP) is 4.56. The minimum absolute atomic E-state index is 0.0291. The van der Waals surface area contributed by atoms with Crippen LogP contribution < -0.4 is 16.0 Å². The lowest BCUT2D eigenvalue weighted by Gasteiger charge is -2.07. The second kappa shape index (κ2) is 9.98. The van der Waals surface area contributed by atoms with E-state index in [-0.39, 0.29) is 17.7 Å². The maximum absolute atomic E-state index is 12.3. The highest BCUT2D eigenvalue weighted by Crippen LogP contribution is 2.27. The average molecular weight is 425 g/mol. The molecule has 0 bridgehead atoms. The topological polar surface area (TPSA) is 100 Å². The molecule has 0 saturated heterocycles. The molecule has 156 valence electrons. The highest BCUT2D eigenvalue weighted by molar-refractivity contribution is 7.22. The number of carbonyl (C=O) groups is 3. The Morgan fingerprint density at radius 3 is 2.23 bits per heavy atom. The quantitative estimate of drug-likeness (QED) is 0.493. The molecule has 7 nitrogen and oxygen atoms in total. The lowest BCUT2D eigenvalue weighted by molar-refractivity contribution is -0.117. The Bertz CT molecular complexity index is 1060. The molecule has 0 fully saturated rings. The van der Waals surface area contributed by atoms with Crippen LogP contribution in [0.3, 0.4) is 0 Å². The SMILES string of the molecule is CCCC(=O)Nc1nc2ccc(CCC(=O)Nc3ccc(NC(C)=O)cc3)cc2s1. The summed E-state index contributed by atoms with van der Waals surface area (Å²) in [5, 5.41) is 8.97. The van der Waals surface area contributed by atoms with Crippen molar-refractivity contribution in [3.8, 4) is 0 Å². The third-order valence-corrected chi connectivity index (χ3v) is 5.24. The van der Waals surface area contributed by atoms with Crippen molar-refractivity contribution in [3.05, 3.63) is 48.0 Å². The van der Waals surface area contributed by atoms with E-state index in [0.29, 0.717) is 35.8 Å². The van der Waals surface area contributed by atoms with Crippen LogP contribution in [0, 0.1) is 0 Å². The predicted molar refractivity (Wildman–Crippen MR) is 121 cm³/mol. The number of thiazole rings is 1. The molecule has 1 heterocycles. The molecule has 0 unspecified atom stereocenters. The Morgan fingerprint density at radius 1 is 0.900 bits per heavy atom. The largest absolute Gasteiger partial charge is 0.326 e. The van der Waals surface area contributed by atoms with Crippen LogP contribution >= 0.6 is 11.3 Å². The van der Waals surface area contributed by atoms with Crippen molar-refractivity contribution < 1.29 is 14.4 Å². The van der Waals surface area contributed by atoms with Gasteiger partial charge < -0.3 is 16.0 Å². The molecule has 0 aliphatic rings. The molecule has 0 radical (unpaired) electrons. The number of rotatable bonds is 8. The minimum atomic E-state index is -0.139. The Labute approximate surface area is 178 Å². The van der Waals surface area contributed by atoms with Crippen molar-refractivity contribution in [1.29, 1.82) is 0 Å². The van der Waals surface area contributed by atoms with Crippen molar-refractivity contribution in [2.45, 2.75) is 39.5 Å². The van der Waals surface area contributed by atoms with E-state index in [9.17, 15) is 14.4 Å². The van der Waals surface area contributed by atoms with Crippen LogP contribution in [-0.4, -0.2) is 22.7 Å². The van der Waals surface area contributed by atoms with E-state index >= 15 is 0 Å². The number of aromatic nitrogens is 1. The van der Waals surface area contributed by atoms with E-state index < -0.39 is 0 Å². The summed E-state index contributed by atoms with van der Waals surface area (Å²) in [6, 6.07) is 12.9. The summed E-state index contributed by atoms with van der Waals surface area (Å²) in [5.74, 6) is -0.252. The van der Waals surface area contributed by atoms with E-state index in [4.69, 9.17) is 0 Å². The molecule has 0 aliphatic carbocycles. The van der Waals surface area contributed by atoms with Gasteiger partial charge in [0.2, 0.25) is 17.7 Å². The van der Waals surface area contributed by atoms with Crippen LogP contribution in [0.1, 0.15) is 38.7 Å². The summed E-state index contributed by atoms with van der Waals surface area (Å²) < 4.78 is 0.980. The first-order chi connectivity index (χ1) is 14.4. The van der Waals surface area contributed by atoms with E-state index in [1.165, 1.54) is 18.3 Å². The lowest BCUT2D eigenvalue weighted by atomic mass is 10.1. The minimum Gasteiger partial charge on any atom is -0.326 e. The molecule has 0 spiro atoms. The number of nitrogens with one attached hydrogen (secondary N) is 3. The first-order valence-electron chi connectivity index (χ1n) is 9.80. The summed E-state index contributed by atoms with van der Waals surface area (Å²) in [6.45, 7) is 3.41. The zero-order valence-corrected chi connectivity index (χ0v) is 17.8. The van der Waals surface area contributed by atoms with E-state index in [2.05, 4.69) is 20.9 Å². The van der Waals surface area contributed by atoms with Crippen molar-refractivity contribution in [2.75, 3.05) is 16.0 Å². The lowest BCUT2D eigenvalue weighted by Crippen LogP contribution is -2.12. The third kappa shape index (κ3) is 6.12. The van der Waals surface area contributed by atoms with E-state index in [0.717, 1.165) is 22.2 Å². The van der Waals surface area contributed by atoms with Gasteiger partial charge in [-0.1, -0.05) is 24.3 Å². The zero-order valence-electron chi connectivity index (χ0n) is 17.0. The smallest absolute Gasteiger partial charge is 0.226 e. The van der Waals surface area contributed by atoms with Gasteiger partial charge in [0.15, 0.2) is 5.13 Å². The monoisotopic (exact) mass is 424 g/mol. The van der Waals surface area contributed by atoms with Gasteiger partial charge in [0, 0.05) is 31.1 Å². The number of nitrogens with zero attached hydrogens (tertiary/aromatic N) is 1. The Hall–Kier alpha value is -3.26. The fourth-order valence-corrected chi connectivity index (χ4v) is 3.85. The van der Waals surface area contributed by atoms with Crippen molar-refractivity contribution in [3.63, 3.8) is 0 Å². The van der Waals surface area contributed by atoms with Crippen molar-refractivity contribution in [2.24, 2.45) is 0 Å². The number of amides is 3. The van der Waals surface area contributed by atoms with Gasteiger partial charge in [0.1, 0.15) is 0 Å². The maximum atomic E-state index is 12.3. The molecule has 1 aromatic heterocycles. The fourth-order valence-electron chi connectivity index (χ4n) is 2.91. The van der Waals surface area contributed by atoms with E-state index in [1.807, 2.05) is 25.1 Å². The molecule has 8 heteroatoms. The molecule has 0 atom stereocenters. The molecule has 2 aromatic carbocycles. The van der Waals surface area contributed by atoms with Crippen LogP contribution in [0.25, 0.3) is 10.2 Å². The van der Waals surface area contributed by atoms with Gasteiger partial charge in [-0.3, -0.25) is 14.4 Å². The van der Waals surface area contributed by atoms with Gasteiger partial charge in [0.25, 0.3) is 0 Å². The standard InChI is InChI=1S/C22H24N4O3S/c1-3-4-20(28)26-22-25-18-11-5-15(13-19(18)30-22)6-12-21(29)24-17-9-7-16(8-10-17)23-14(2)27/h5,7-11,13H,3-4,6,12H2,1-2H3,(H,23,27)(H,24,29)(H,25,26,28). The highest BCUT2D eigenvalue weighted by Gasteiger charge is 2.09. The molecule has 0 aliphatic heterocycles. The fraction of sp³-hybridized carbons (Fsp3) is 0.273. The van der Waals surface area contributed by atoms with E-state index in [1.54, 1.807) is 24.3 Å². The molecular weight excluding hydrogens is 400 g/mol. The number of anilines is 3. The summed E-state index contributed by atoms with van der Waals surface area (Å²) in [7, 11) is 0. The van der Waals surface area contributed by atoms with Crippen LogP contribution in [0.4, 0.5) is 16.5 Å². The molecular formula is C22H24N4O3S. The van der Waals surface area contributed by atoms with Gasteiger partial charge in [-0.05, 0) is 54.8 Å². The van der Waals surface area contributed by atoms with Crippen LogP contribution in [0.15, 0.2) is 42.5 Å². The normalized spacial score (nSPS) is 10.6. The van der Waals surface area contributed by atoms with Crippen LogP contribution in [0.2, 0.25) is 0 Å². The van der Waals surface area contributed by atoms with Crippen LogP contribution in [0.5, 0.6) is 0 Å². The third-order valence-electron chi connectivity index (χ3n) is 4.31. The molecule has 30 heavy (non-hydrogen) atoms. The number of fused-ring (bicyclic) bond motifs is 1. The first-order valence-corrected chi connectivity index (χ1v) is 10.6.